The van der Waals surface area contributed by atoms with Gasteiger partial charge in [-0.3, -0.25) is 4.57 Å². The number of allylic oxidation sites excluding steroid dienone is 1. The van der Waals surface area contributed by atoms with E-state index in [1.165, 1.54) is 35.1 Å². The molecule has 0 N–H and O–H groups in total. The number of fused-ring (bicyclic) bond motifs is 1. The fourth-order valence-corrected chi connectivity index (χ4v) is 6.39. The molecule has 0 bridgehead atoms. The van der Waals surface area contributed by atoms with Gasteiger partial charge in [0.15, 0.2) is 0 Å². The molecule has 3 rings (SSSR count). The first-order chi connectivity index (χ1) is 16.5. The molecule has 0 aromatic heterocycles. The van der Waals surface area contributed by atoms with E-state index >= 15 is 0 Å². The minimum atomic E-state index is -3.30. The maximum absolute atomic E-state index is 13.5. The maximum Gasteiger partial charge on any atom is 0.361 e. The largest absolute Gasteiger partial charge is 0.361 e. The van der Waals surface area contributed by atoms with E-state index < -0.39 is 7.60 Å². The van der Waals surface area contributed by atoms with Crippen molar-refractivity contribution < 1.29 is 13.6 Å². The minimum absolute atomic E-state index is 0.194. The quantitative estimate of drug-likeness (QED) is 0.177. The average Bonchev–Trinajstić information content (AvgIpc) is 2.82. The van der Waals surface area contributed by atoms with Gasteiger partial charge in [0.25, 0.3) is 0 Å². The zero-order valence-corrected chi connectivity index (χ0v) is 23.8. The van der Waals surface area contributed by atoms with Gasteiger partial charge in [0.2, 0.25) is 0 Å². The maximum atomic E-state index is 13.5. The van der Waals surface area contributed by atoms with E-state index in [9.17, 15) is 4.57 Å². The summed E-state index contributed by atoms with van der Waals surface area (Å²) in [7, 11) is -3.30. The summed E-state index contributed by atoms with van der Waals surface area (Å²) in [6.07, 6.45) is 8.37. The second kappa shape index (κ2) is 11.6. The standard InChI is InChI=1S/C31H45O3P/c1-8-10-20-33-35(32,34-21-11-9-2)27-15-12-25(13-16-27)22-24(3)26-14-17-28-29(23-26)31(6,7)19-18-30(28,4)5/h12-17,22-23H,8-11,18-21H2,1-7H3. The van der Waals surface area contributed by atoms with E-state index in [0.717, 1.165) is 31.2 Å². The Bertz CT molecular complexity index is 1050. The minimum Gasteiger partial charge on any atom is -0.305 e. The molecule has 0 radical (unpaired) electrons. The van der Waals surface area contributed by atoms with Crippen LogP contribution in [0.1, 0.15) is 109 Å². The molecule has 35 heavy (non-hydrogen) atoms. The predicted octanol–water partition coefficient (Wildman–Crippen LogP) is 9.05. The number of hydrogen-bond acceptors (Lipinski definition) is 3. The Morgan fingerprint density at radius 3 is 1.94 bits per heavy atom. The lowest BCUT2D eigenvalue weighted by molar-refractivity contribution is 0.208. The number of rotatable bonds is 11. The van der Waals surface area contributed by atoms with Crippen LogP contribution >= 0.6 is 7.60 Å². The van der Waals surface area contributed by atoms with Crippen LogP contribution in [0.5, 0.6) is 0 Å². The Labute approximate surface area is 213 Å². The molecule has 192 valence electrons. The Balaban J connectivity index is 1.84. The first-order valence-corrected chi connectivity index (χ1v) is 14.9. The summed E-state index contributed by atoms with van der Waals surface area (Å²) in [5.41, 5.74) is 6.94. The fraction of sp³-hybridized carbons (Fsp3) is 0.548. The summed E-state index contributed by atoms with van der Waals surface area (Å²) in [4.78, 5) is 0. The molecule has 2 aromatic carbocycles. The molecule has 1 aliphatic rings. The Morgan fingerprint density at radius 1 is 0.857 bits per heavy atom. The molecule has 0 amide bonds. The zero-order chi connectivity index (χ0) is 25.7. The third kappa shape index (κ3) is 6.76. The van der Waals surface area contributed by atoms with Crippen LogP contribution in [0, 0.1) is 0 Å². The van der Waals surface area contributed by atoms with E-state index in [2.05, 4.69) is 72.7 Å². The van der Waals surface area contributed by atoms with Crippen molar-refractivity contribution in [2.75, 3.05) is 13.2 Å². The van der Waals surface area contributed by atoms with Gasteiger partial charge in [-0.2, -0.15) is 0 Å². The first-order valence-electron chi connectivity index (χ1n) is 13.4. The van der Waals surface area contributed by atoms with Gasteiger partial charge in [-0.05, 0) is 83.4 Å². The highest BCUT2D eigenvalue weighted by Gasteiger charge is 2.37. The van der Waals surface area contributed by atoms with Gasteiger partial charge < -0.3 is 9.05 Å². The summed E-state index contributed by atoms with van der Waals surface area (Å²) in [5, 5.41) is 0.636. The molecule has 0 aliphatic heterocycles. The molecule has 2 aromatic rings. The van der Waals surface area contributed by atoms with Crippen LogP contribution in [0.15, 0.2) is 42.5 Å². The van der Waals surface area contributed by atoms with Crippen molar-refractivity contribution in [3.05, 3.63) is 64.7 Å². The second-order valence-corrected chi connectivity index (χ2v) is 13.3. The van der Waals surface area contributed by atoms with Crippen LogP contribution in [0.2, 0.25) is 0 Å². The van der Waals surface area contributed by atoms with Crippen LogP contribution in [-0.4, -0.2) is 13.2 Å². The molecule has 0 unspecified atom stereocenters. The third-order valence-electron chi connectivity index (χ3n) is 7.42. The second-order valence-electron chi connectivity index (χ2n) is 11.3. The lowest BCUT2D eigenvalue weighted by atomic mass is 9.63. The van der Waals surface area contributed by atoms with Crippen LogP contribution in [0.4, 0.5) is 0 Å². The summed E-state index contributed by atoms with van der Waals surface area (Å²) in [6, 6.07) is 14.8. The molecular weight excluding hydrogens is 451 g/mol. The van der Waals surface area contributed by atoms with E-state index in [4.69, 9.17) is 9.05 Å². The molecule has 0 fully saturated rings. The molecule has 1 aliphatic carbocycles. The fourth-order valence-electron chi connectivity index (χ4n) is 4.76. The lowest BCUT2D eigenvalue weighted by Gasteiger charge is -2.42. The van der Waals surface area contributed by atoms with Gasteiger partial charge in [0, 0.05) is 0 Å². The van der Waals surface area contributed by atoms with Crippen molar-refractivity contribution in [1.29, 1.82) is 0 Å². The van der Waals surface area contributed by atoms with E-state index in [0.29, 0.717) is 18.5 Å². The molecule has 0 heterocycles. The van der Waals surface area contributed by atoms with Gasteiger partial charge in [-0.25, -0.2) is 0 Å². The first kappa shape index (κ1) is 27.9. The van der Waals surface area contributed by atoms with Gasteiger partial charge in [-0.15, -0.1) is 0 Å². The molecule has 0 atom stereocenters. The van der Waals surface area contributed by atoms with Gasteiger partial charge in [-0.1, -0.05) is 90.8 Å². The number of benzene rings is 2. The number of hydrogen-bond donors (Lipinski definition) is 0. The average molecular weight is 497 g/mol. The molecular formula is C31H45O3P. The Morgan fingerprint density at radius 2 is 1.40 bits per heavy atom. The molecule has 3 nitrogen and oxygen atoms in total. The Kier molecular flexibility index (Phi) is 9.24. The van der Waals surface area contributed by atoms with Crippen molar-refractivity contribution in [3.8, 4) is 0 Å². The highest BCUT2D eigenvalue weighted by molar-refractivity contribution is 7.62. The van der Waals surface area contributed by atoms with Crippen molar-refractivity contribution in [1.82, 2.24) is 0 Å². The molecule has 0 saturated heterocycles. The van der Waals surface area contributed by atoms with E-state index in [-0.39, 0.29) is 10.8 Å². The topological polar surface area (TPSA) is 35.5 Å². The van der Waals surface area contributed by atoms with Crippen LogP contribution in [-0.2, 0) is 24.4 Å². The van der Waals surface area contributed by atoms with Crippen molar-refractivity contribution in [3.63, 3.8) is 0 Å². The van der Waals surface area contributed by atoms with E-state index in [1.54, 1.807) is 0 Å². The van der Waals surface area contributed by atoms with E-state index in [1.807, 2.05) is 24.3 Å². The molecule has 4 heteroatoms. The van der Waals surface area contributed by atoms with Gasteiger partial charge in [0.1, 0.15) is 0 Å². The highest BCUT2D eigenvalue weighted by Crippen LogP contribution is 2.48. The van der Waals surface area contributed by atoms with Crippen molar-refractivity contribution in [2.24, 2.45) is 0 Å². The monoisotopic (exact) mass is 496 g/mol. The van der Waals surface area contributed by atoms with Gasteiger partial charge in [0.05, 0.1) is 18.5 Å². The van der Waals surface area contributed by atoms with Gasteiger partial charge >= 0.3 is 7.60 Å². The van der Waals surface area contributed by atoms with Crippen LogP contribution in [0.25, 0.3) is 11.6 Å². The molecule has 0 spiro atoms. The highest BCUT2D eigenvalue weighted by atomic mass is 31.2. The predicted molar refractivity (Wildman–Crippen MR) is 151 cm³/mol. The summed E-state index contributed by atoms with van der Waals surface area (Å²) < 4.78 is 25.1. The third-order valence-corrected chi connectivity index (χ3v) is 9.39. The Hall–Kier alpha value is -1.67. The van der Waals surface area contributed by atoms with Crippen molar-refractivity contribution in [2.45, 2.75) is 97.8 Å². The lowest BCUT2D eigenvalue weighted by Crippen LogP contribution is -2.33. The van der Waals surface area contributed by atoms with Crippen LogP contribution < -0.4 is 5.30 Å². The summed E-state index contributed by atoms with van der Waals surface area (Å²) in [6.45, 7) is 16.7. The smallest absolute Gasteiger partial charge is 0.305 e. The summed E-state index contributed by atoms with van der Waals surface area (Å²) in [5.74, 6) is 0. The SMILES string of the molecule is CCCCOP(=O)(OCCCC)c1ccc(C=C(C)c2ccc3c(c2)C(C)(C)CCC3(C)C)cc1. The van der Waals surface area contributed by atoms with Crippen molar-refractivity contribution >= 4 is 24.5 Å². The summed E-state index contributed by atoms with van der Waals surface area (Å²) >= 11 is 0. The molecule has 0 saturated carbocycles. The zero-order valence-electron chi connectivity index (χ0n) is 22.9. The number of unbranched alkanes of at least 4 members (excludes halogenated alkanes) is 2. The van der Waals surface area contributed by atoms with Crippen LogP contribution in [0.3, 0.4) is 0 Å². The normalized spacial score (nSPS) is 17.3.